The highest BCUT2D eigenvalue weighted by atomic mass is 19.4. The van der Waals surface area contributed by atoms with Crippen LogP contribution < -0.4 is 0 Å². The van der Waals surface area contributed by atoms with E-state index in [4.69, 9.17) is 5.11 Å². The van der Waals surface area contributed by atoms with Gasteiger partial charge in [-0.15, -0.1) is 0 Å². The van der Waals surface area contributed by atoms with E-state index >= 15 is 0 Å². The zero-order valence-corrected chi connectivity index (χ0v) is 17.4. The number of alkyl halides is 3. The number of hydrogen-bond acceptors (Lipinski definition) is 5. The van der Waals surface area contributed by atoms with Gasteiger partial charge in [-0.1, -0.05) is 19.8 Å². The molecule has 0 aliphatic heterocycles. The molecule has 0 amide bonds. The van der Waals surface area contributed by atoms with Gasteiger partial charge in [-0.25, -0.2) is 14.4 Å². The number of benzene rings is 1. The second-order valence-electron chi connectivity index (χ2n) is 7.26. The Labute approximate surface area is 178 Å². The summed E-state index contributed by atoms with van der Waals surface area (Å²) in [5.74, 6) is -0.759. The SMILES string of the molecule is CCCCCN(C)/C=C\c1cc(-c2ncc(CC(O)C(F)(F)F)cn2)c(F)cc1C=O. The van der Waals surface area contributed by atoms with Crippen LogP contribution in [-0.4, -0.2) is 52.1 Å². The molecule has 0 radical (unpaired) electrons. The lowest BCUT2D eigenvalue weighted by Crippen LogP contribution is -2.30. The summed E-state index contributed by atoms with van der Waals surface area (Å²) in [5.41, 5.74) is 0.701. The molecule has 0 fully saturated rings. The minimum atomic E-state index is -4.75. The minimum absolute atomic E-state index is 0.0156. The van der Waals surface area contributed by atoms with Crippen molar-refractivity contribution in [2.45, 2.75) is 44.9 Å². The number of aliphatic hydroxyl groups is 1. The molecule has 0 bridgehead atoms. The van der Waals surface area contributed by atoms with Gasteiger partial charge in [0.1, 0.15) is 5.82 Å². The summed E-state index contributed by atoms with van der Waals surface area (Å²) in [7, 11) is 1.90. The van der Waals surface area contributed by atoms with Crippen LogP contribution in [0.25, 0.3) is 17.5 Å². The third-order valence-electron chi connectivity index (χ3n) is 4.68. The highest BCUT2D eigenvalue weighted by molar-refractivity contribution is 5.84. The molecule has 0 aliphatic carbocycles. The average molecular weight is 439 g/mol. The highest BCUT2D eigenvalue weighted by Crippen LogP contribution is 2.26. The molecule has 0 saturated carbocycles. The summed E-state index contributed by atoms with van der Waals surface area (Å²) in [4.78, 5) is 21.2. The number of hydrogen-bond donors (Lipinski definition) is 1. The van der Waals surface area contributed by atoms with E-state index in [1.165, 1.54) is 6.07 Å². The quantitative estimate of drug-likeness (QED) is 0.332. The van der Waals surface area contributed by atoms with Crippen LogP contribution in [0.2, 0.25) is 0 Å². The van der Waals surface area contributed by atoms with Crippen LogP contribution in [-0.2, 0) is 6.42 Å². The number of carbonyl (C=O) groups excluding carboxylic acids is 1. The lowest BCUT2D eigenvalue weighted by Gasteiger charge is -2.14. The van der Waals surface area contributed by atoms with Crippen LogP contribution in [0.4, 0.5) is 17.6 Å². The summed E-state index contributed by atoms with van der Waals surface area (Å²) < 4.78 is 52.0. The predicted octanol–water partition coefficient (Wildman–Crippen LogP) is 4.65. The van der Waals surface area contributed by atoms with Crippen LogP contribution >= 0.6 is 0 Å². The van der Waals surface area contributed by atoms with Crippen molar-refractivity contribution in [2.75, 3.05) is 13.6 Å². The van der Waals surface area contributed by atoms with Crippen molar-refractivity contribution in [3.8, 4) is 11.4 Å². The van der Waals surface area contributed by atoms with Crippen LogP contribution in [0, 0.1) is 5.82 Å². The van der Waals surface area contributed by atoms with Crippen LogP contribution in [0.3, 0.4) is 0 Å². The Morgan fingerprint density at radius 2 is 1.84 bits per heavy atom. The van der Waals surface area contributed by atoms with E-state index in [0.717, 1.165) is 44.3 Å². The Morgan fingerprint density at radius 3 is 2.42 bits per heavy atom. The lowest BCUT2D eigenvalue weighted by atomic mass is 10.0. The molecule has 2 aromatic rings. The standard InChI is InChI=1S/C22H25F4N3O2/c1-3-4-5-7-29(2)8-6-16-10-18(19(23)11-17(16)14-30)21-27-12-15(13-28-21)9-20(31)22(24,25)26/h6,8,10-14,20,31H,3-5,7,9H2,1-2H3/b8-6-. The maximum atomic E-state index is 14.5. The molecule has 168 valence electrons. The van der Waals surface area contributed by atoms with Gasteiger partial charge in [-0.05, 0) is 42.0 Å². The summed E-state index contributed by atoms with van der Waals surface area (Å²) >= 11 is 0. The van der Waals surface area contributed by atoms with Crippen LogP contribution in [0.1, 0.15) is 47.7 Å². The van der Waals surface area contributed by atoms with E-state index in [1.54, 1.807) is 12.3 Å². The Kier molecular flexibility index (Phi) is 8.67. The molecule has 1 unspecified atom stereocenters. The molecule has 1 heterocycles. The number of aliphatic hydroxyl groups excluding tert-OH is 1. The first kappa shape index (κ1) is 24.5. The Morgan fingerprint density at radius 1 is 1.16 bits per heavy atom. The molecular formula is C22H25F4N3O2. The molecule has 0 aliphatic rings. The normalized spacial score (nSPS) is 12.9. The van der Waals surface area contributed by atoms with E-state index in [1.807, 2.05) is 11.9 Å². The predicted molar refractivity (Wildman–Crippen MR) is 110 cm³/mol. The summed E-state index contributed by atoms with van der Waals surface area (Å²) in [6.07, 6.45) is 1.50. The summed E-state index contributed by atoms with van der Waals surface area (Å²) in [6.45, 7) is 2.95. The van der Waals surface area contributed by atoms with Gasteiger partial charge in [-0.3, -0.25) is 4.79 Å². The van der Waals surface area contributed by atoms with Gasteiger partial charge in [-0.2, -0.15) is 13.2 Å². The first-order valence-electron chi connectivity index (χ1n) is 9.89. The number of halogens is 4. The molecule has 0 spiro atoms. The van der Waals surface area contributed by atoms with Crippen molar-refractivity contribution < 1.29 is 27.5 Å². The van der Waals surface area contributed by atoms with Gasteiger partial charge in [0.05, 0.1) is 5.56 Å². The van der Waals surface area contributed by atoms with Crippen LogP contribution in [0.5, 0.6) is 0 Å². The average Bonchev–Trinajstić information content (AvgIpc) is 2.72. The van der Waals surface area contributed by atoms with Crippen LogP contribution in [0.15, 0.2) is 30.7 Å². The van der Waals surface area contributed by atoms with Gasteiger partial charge < -0.3 is 10.0 Å². The second-order valence-corrected chi connectivity index (χ2v) is 7.26. The zero-order chi connectivity index (χ0) is 23.0. The molecule has 31 heavy (non-hydrogen) atoms. The van der Waals surface area contributed by atoms with Gasteiger partial charge in [0.2, 0.25) is 0 Å². The first-order chi connectivity index (χ1) is 14.7. The summed E-state index contributed by atoms with van der Waals surface area (Å²) in [6, 6.07) is 2.50. The van der Waals surface area contributed by atoms with Crippen molar-refractivity contribution in [3.05, 3.63) is 53.2 Å². The monoisotopic (exact) mass is 439 g/mol. The lowest BCUT2D eigenvalue weighted by molar-refractivity contribution is -0.203. The zero-order valence-electron chi connectivity index (χ0n) is 17.4. The van der Waals surface area contributed by atoms with E-state index in [2.05, 4.69) is 16.9 Å². The van der Waals surface area contributed by atoms with Gasteiger partial charge in [0.25, 0.3) is 0 Å². The van der Waals surface area contributed by atoms with Crippen molar-refractivity contribution in [1.82, 2.24) is 14.9 Å². The molecule has 0 saturated heterocycles. The fourth-order valence-corrected chi connectivity index (χ4v) is 2.85. The van der Waals surface area contributed by atoms with Crippen molar-refractivity contribution in [2.24, 2.45) is 0 Å². The van der Waals surface area contributed by atoms with E-state index in [-0.39, 0.29) is 22.5 Å². The molecule has 1 aromatic heterocycles. The Hall–Kier alpha value is -2.81. The fourth-order valence-electron chi connectivity index (χ4n) is 2.85. The number of unbranched alkanes of at least 4 members (excludes halogenated alkanes) is 2. The van der Waals surface area contributed by atoms with Crippen molar-refractivity contribution in [3.63, 3.8) is 0 Å². The van der Waals surface area contributed by atoms with Gasteiger partial charge in [0.15, 0.2) is 18.2 Å². The van der Waals surface area contributed by atoms with E-state index in [9.17, 15) is 22.4 Å². The Bertz CT molecular complexity index is 899. The third kappa shape index (κ3) is 7.13. The molecule has 1 N–H and O–H groups in total. The molecule has 1 aromatic carbocycles. The Balaban J connectivity index is 2.25. The maximum Gasteiger partial charge on any atom is 0.414 e. The van der Waals surface area contributed by atoms with E-state index in [0.29, 0.717) is 11.8 Å². The number of nitrogens with zero attached hydrogens (tertiary/aromatic N) is 3. The second kappa shape index (κ2) is 11.0. The molecular weight excluding hydrogens is 414 g/mol. The number of rotatable bonds is 10. The number of aldehydes is 1. The third-order valence-corrected chi connectivity index (χ3v) is 4.68. The molecule has 1 atom stereocenters. The topological polar surface area (TPSA) is 66.3 Å². The fraction of sp³-hybridized carbons (Fsp3) is 0.409. The first-order valence-corrected chi connectivity index (χ1v) is 9.89. The molecule has 5 nitrogen and oxygen atoms in total. The smallest absolute Gasteiger partial charge is 0.383 e. The largest absolute Gasteiger partial charge is 0.414 e. The van der Waals surface area contributed by atoms with E-state index < -0.39 is 24.5 Å². The van der Waals surface area contributed by atoms with Gasteiger partial charge >= 0.3 is 6.18 Å². The highest BCUT2D eigenvalue weighted by Gasteiger charge is 2.38. The number of carbonyl (C=O) groups is 1. The maximum absolute atomic E-state index is 14.5. The van der Waals surface area contributed by atoms with Crippen molar-refractivity contribution >= 4 is 12.4 Å². The minimum Gasteiger partial charge on any atom is -0.383 e. The van der Waals surface area contributed by atoms with Gasteiger partial charge in [0, 0.05) is 38.0 Å². The molecule has 9 heteroatoms. The summed E-state index contributed by atoms with van der Waals surface area (Å²) in [5, 5.41) is 9.15. The molecule has 2 rings (SSSR count). The number of aromatic nitrogens is 2. The van der Waals surface area contributed by atoms with Crippen molar-refractivity contribution in [1.29, 1.82) is 0 Å².